The first-order valence-electron chi connectivity index (χ1n) is 5.06. The summed E-state index contributed by atoms with van der Waals surface area (Å²) in [5.74, 6) is -0.00657. The molecule has 0 radical (unpaired) electrons. The van der Waals surface area contributed by atoms with E-state index < -0.39 is 0 Å². The van der Waals surface area contributed by atoms with E-state index in [2.05, 4.69) is 0 Å². The molecule has 1 aliphatic carbocycles. The van der Waals surface area contributed by atoms with Gasteiger partial charge >= 0.3 is 0 Å². The first-order valence-corrected chi connectivity index (χ1v) is 5.47. The van der Waals surface area contributed by atoms with Gasteiger partial charge in [-0.15, -0.1) is 0 Å². The van der Waals surface area contributed by atoms with E-state index >= 15 is 0 Å². The van der Waals surface area contributed by atoms with Crippen LogP contribution in [0.3, 0.4) is 0 Å². The van der Waals surface area contributed by atoms with Crippen LogP contribution in [0.1, 0.15) is 11.1 Å². The number of hydrogen-bond acceptors (Lipinski definition) is 3. The summed E-state index contributed by atoms with van der Waals surface area (Å²) in [7, 11) is 0. The van der Waals surface area contributed by atoms with Gasteiger partial charge in [-0.25, -0.2) is 0 Å². The van der Waals surface area contributed by atoms with Gasteiger partial charge in [-0.05, 0) is 22.4 Å². The number of thiocarbonyl (C=S) groups is 1. The highest BCUT2D eigenvalue weighted by atomic mass is 32.1. The minimum atomic E-state index is -0.00657. The normalized spacial score (nSPS) is 14.5. The number of hydrogen-bond donors (Lipinski definition) is 1. The van der Waals surface area contributed by atoms with Crippen molar-refractivity contribution in [2.24, 2.45) is 0 Å². The highest BCUT2D eigenvalue weighted by Crippen LogP contribution is 2.32. The van der Waals surface area contributed by atoms with E-state index in [1.54, 1.807) is 0 Å². The third-order valence-electron chi connectivity index (χ3n) is 3.00. The fourth-order valence-electron chi connectivity index (χ4n) is 2.26. The van der Waals surface area contributed by atoms with Crippen molar-refractivity contribution in [1.29, 1.82) is 0 Å². The number of carbonyl (C=O) groups is 1. The predicted octanol–water partition coefficient (Wildman–Crippen LogP) is 2.27. The van der Waals surface area contributed by atoms with Crippen LogP contribution in [-0.4, -0.2) is 10.6 Å². The maximum Gasteiger partial charge on any atom is 0.178 e. The minimum Gasteiger partial charge on any atom is -0.398 e. The van der Waals surface area contributed by atoms with Gasteiger partial charge in [0.25, 0.3) is 0 Å². The Hall–Kier alpha value is -1.74. The van der Waals surface area contributed by atoms with Gasteiger partial charge < -0.3 is 5.73 Å². The Balaban J connectivity index is 2.55. The van der Waals surface area contributed by atoms with Crippen LogP contribution in [0.25, 0.3) is 10.8 Å². The lowest BCUT2D eigenvalue weighted by atomic mass is 9.87. The standard InChI is InChI=1S/C13H9NOS/c14-9-5-4-7-2-1-3-8-6-10(15)13(16)12(9)11(7)8/h1-5H,6,14H2. The van der Waals surface area contributed by atoms with Gasteiger partial charge in [0.1, 0.15) is 0 Å². The van der Waals surface area contributed by atoms with Crippen molar-refractivity contribution in [3.05, 3.63) is 41.5 Å². The molecule has 0 saturated carbocycles. The van der Waals surface area contributed by atoms with E-state index in [1.165, 1.54) is 0 Å². The lowest BCUT2D eigenvalue weighted by Crippen LogP contribution is -2.22. The zero-order chi connectivity index (χ0) is 11.3. The van der Waals surface area contributed by atoms with Crippen molar-refractivity contribution in [1.82, 2.24) is 0 Å². The maximum absolute atomic E-state index is 11.8. The molecule has 0 fully saturated rings. The smallest absolute Gasteiger partial charge is 0.178 e. The van der Waals surface area contributed by atoms with Gasteiger partial charge in [-0.2, -0.15) is 0 Å². The van der Waals surface area contributed by atoms with Crippen molar-refractivity contribution in [3.8, 4) is 0 Å². The van der Waals surface area contributed by atoms with Gasteiger partial charge in [-0.3, -0.25) is 4.79 Å². The summed E-state index contributed by atoms with van der Waals surface area (Å²) in [6.07, 6.45) is 0.395. The third-order valence-corrected chi connectivity index (χ3v) is 3.43. The lowest BCUT2D eigenvalue weighted by Gasteiger charge is -2.18. The van der Waals surface area contributed by atoms with E-state index in [9.17, 15) is 4.79 Å². The topological polar surface area (TPSA) is 43.1 Å². The Labute approximate surface area is 98.1 Å². The molecular formula is C13H9NOS. The van der Waals surface area contributed by atoms with Crippen LogP contribution in [0.4, 0.5) is 5.69 Å². The Kier molecular flexibility index (Phi) is 1.85. The third kappa shape index (κ3) is 1.12. The molecule has 0 spiro atoms. The minimum absolute atomic E-state index is 0.00657. The summed E-state index contributed by atoms with van der Waals surface area (Å²) in [6.45, 7) is 0. The van der Waals surface area contributed by atoms with Crippen LogP contribution in [0.2, 0.25) is 0 Å². The summed E-state index contributed by atoms with van der Waals surface area (Å²) in [5, 5.41) is 2.14. The van der Waals surface area contributed by atoms with Crippen molar-refractivity contribution in [2.75, 3.05) is 5.73 Å². The number of rotatable bonds is 0. The average molecular weight is 227 g/mol. The van der Waals surface area contributed by atoms with E-state index in [4.69, 9.17) is 18.0 Å². The Morgan fingerprint density at radius 2 is 2.00 bits per heavy atom. The van der Waals surface area contributed by atoms with Crippen LogP contribution < -0.4 is 5.73 Å². The molecule has 0 unspecified atom stereocenters. The van der Waals surface area contributed by atoms with Gasteiger partial charge in [0.15, 0.2) is 5.78 Å². The highest BCUT2D eigenvalue weighted by Gasteiger charge is 2.24. The van der Waals surface area contributed by atoms with Crippen molar-refractivity contribution in [3.63, 3.8) is 0 Å². The summed E-state index contributed by atoms with van der Waals surface area (Å²) >= 11 is 5.17. The molecule has 0 bridgehead atoms. The molecule has 2 nitrogen and oxygen atoms in total. The highest BCUT2D eigenvalue weighted by molar-refractivity contribution is 7.82. The number of carbonyl (C=O) groups excluding carboxylic acids is 1. The molecule has 1 aliphatic rings. The van der Waals surface area contributed by atoms with Crippen LogP contribution in [0.15, 0.2) is 30.3 Å². The number of nitrogen functional groups attached to an aromatic ring is 1. The molecule has 2 aromatic carbocycles. The van der Waals surface area contributed by atoms with E-state index in [0.29, 0.717) is 17.0 Å². The lowest BCUT2D eigenvalue weighted by molar-refractivity contribution is -0.112. The number of benzene rings is 2. The van der Waals surface area contributed by atoms with Crippen molar-refractivity contribution >= 4 is 39.3 Å². The number of anilines is 1. The Morgan fingerprint density at radius 1 is 1.19 bits per heavy atom. The molecule has 0 saturated heterocycles. The van der Waals surface area contributed by atoms with E-state index in [0.717, 1.165) is 21.9 Å². The molecule has 0 aromatic heterocycles. The summed E-state index contributed by atoms with van der Waals surface area (Å²) in [5.41, 5.74) is 8.28. The van der Waals surface area contributed by atoms with E-state index in [1.807, 2.05) is 30.3 Å². The SMILES string of the molecule is Nc1ccc2cccc3c2c1C(=S)C(=O)C3. The zero-order valence-electron chi connectivity index (χ0n) is 8.49. The predicted molar refractivity (Wildman–Crippen MR) is 68.8 cm³/mol. The molecule has 0 atom stereocenters. The monoisotopic (exact) mass is 227 g/mol. The molecule has 3 rings (SSSR count). The quantitative estimate of drug-likeness (QED) is 0.554. The zero-order valence-corrected chi connectivity index (χ0v) is 9.30. The number of ketones is 1. The molecular weight excluding hydrogens is 218 g/mol. The fourth-order valence-corrected chi connectivity index (χ4v) is 2.55. The molecule has 2 N–H and O–H groups in total. The second-order valence-corrected chi connectivity index (χ2v) is 4.38. The second-order valence-electron chi connectivity index (χ2n) is 3.97. The maximum atomic E-state index is 11.8. The van der Waals surface area contributed by atoms with Crippen LogP contribution in [0.5, 0.6) is 0 Å². The molecule has 16 heavy (non-hydrogen) atoms. The number of Topliss-reactive ketones (excluding diaryl/α,β-unsaturated/α-hetero) is 1. The molecule has 3 heteroatoms. The molecule has 0 aliphatic heterocycles. The molecule has 78 valence electrons. The Bertz CT molecular complexity index is 646. The first kappa shape index (κ1) is 9.48. The van der Waals surface area contributed by atoms with Crippen LogP contribution >= 0.6 is 12.2 Å². The summed E-state index contributed by atoms with van der Waals surface area (Å²) in [6, 6.07) is 9.72. The van der Waals surface area contributed by atoms with Crippen LogP contribution in [-0.2, 0) is 11.2 Å². The fraction of sp³-hybridized carbons (Fsp3) is 0.0769. The van der Waals surface area contributed by atoms with Crippen molar-refractivity contribution in [2.45, 2.75) is 6.42 Å². The first-order chi connectivity index (χ1) is 7.68. The average Bonchev–Trinajstić information content (AvgIpc) is 2.28. The van der Waals surface area contributed by atoms with Gasteiger partial charge in [0.2, 0.25) is 0 Å². The van der Waals surface area contributed by atoms with Gasteiger partial charge in [-0.1, -0.05) is 36.5 Å². The largest absolute Gasteiger partial charge is 0.398 e. The van der Waals surface area contributed by atoms with Gasteiger partial charge in [0, 0.05) is 17.7 Å². The molecule has 2 aromatic rings. The summed E-state index contributed by atoms with van der Waals surface area (Å²) < 4.78 is 0. The second kappa shape index (κ2) is 3.12. The number of nitrogens with two attached hydrogens (primary N) is 1. The summed E-state index contributed by atoms with van der Waals surface area (Å²) in [4.78, 5) is 12.1. The molecule has 0 heterocycles. The Morgan fingerprint density at radius 3 is 2.81 bits per heavy atom. The van der Waals surface area contributed by atoms with Crippen LogP contribution in [0, 0.1) is 0 Å². The van der Waals surface area contributed by atoms with Gasteiger partial charge in [0.05, 0.1) is 4.86 Å². The van der Waals surface area contributed by atoms with Crippen molar-refractivity contribution < 1.29 is 4.79 Å². The molecule has 0 amide bonds. The van der Waals surface area contributed by atoms with E-state index in [-0.39, 0.29) is 5.78 Å².